The van der Waals surface area contributed by atoms with Gasteiger partial charge in [0.2, 0.25) is 0 Å². The summed E-state index contributed by atoms with van der Waals surface area (Å²) in [5.74, 6) is -3.58. The van der Waals surface area contributed by atoms with Gasteiger partial charge in [-0.1, -0.05) is 43.4 Å². The quantitative estimate of drug-likeness (QED) is 0.234. The van der Waals surface area contributed by atoms with Crippen LogP contribution in [0.3, 0.4) is 0 Å². The molecule has 0 bridgehead atoms. The Morgan fingerprint density at radius 1 is 1.21 bits per heavy atom. The number of aromatic amines is 1. The fourth-order valence-corrected chi connectivity index (χ4v) is 8.91. The average molecular weight is 613 g/mol. The van der Waals surface area contributed by atoms with Gasteiger partial charge in [0.15, 0.2) is 22.9 Å². The number of aromatic nitrogens is 2. The predicted octanol–water partition coefficient (Wildman–Crippen LogP) is 3.95. The molecule has 0 radical (unpaired) electrons. The minimum atomic E-state index is -2.46. The molecule has 0 spiro atoms. The molecule has 4 rings (SSSR count). The normalized spacial score (nSPS) is 38.3. The van der Waals surface area contributed by atoms with Gasteiger partial charge in [-0.05, 0) is 44.7 Å². The Balaban J connectivity index is 1.82. The number of nitrogens with one attached hydrogen (secondary N) is 1. The number of alkyl halides is 2. The van der Waals surface area contributed by atoms with Crippen LogP contribution in [0.4, 0.5) is 4.39 Å². The fourth-order valence-electron chi connectivity index (χ4n) is 4.67. The van der Waals surface area contributed by atoms with Gasteiger partial charge in [-0.15, -0.1) is 0 Å². The van der Waals surface area contributed by atoms with E-state index in [2.05, 4.69) is 48.3 Å². The molecule has 0 aromatic carbocycles. The van der Waals surface area contributed by atoms with Crippen molar-refractivity contribution in [3.8, 4) is 0 Å². The third kappa shape index (κ3) is 3.78. The van der Waals surface area contributed by atoms with Gasteiger partial charge >= 0.3 is 5.69 Å². The predicted molar refractivity (Wildman–Crippen MR) is 135 cm³/mol. The fraction of sp³-hybridized carbons (Fsp3) is 0.810. The molecule has 2 saturated heterocycles. The van der Waals surface area contributed by atoms with E-state index in [0.29, 0.717) is 5.56 Å². The van der Waals surface area contributed by atoms with Crippen molar-refractivity contribution < 1.29 is 22.7 Å². The second-order valence-corrected chi connectivity index (χ2v) is 22.5. The zero-order chi connectivity index (χ0) is 25.0. The van der Waals surface area contributed by atoms with Crippen LogP contribution in [-0.2, 0) is 18.3 Å². The van der Waals surface area contributed by atoms with Crippen molar-refractivity contribution in [3.63, 3.8) is 0 Å². The Kier molecular flexibility index (Phi) is 5.70. The first-order chi connectivity index (χ1) is 14.8. The van der Waals surface area contributed by atoms with Crippen LogP contribution >= 0.6 is 22.6 Å². The number of ether oxygens (including phenoxy) is 2. The second kappa shape index (κ2) is 7.32. The number of H-pyrrole nitrogens is 1. The molecule has 6 atom stereocenters. The van der Waals surface area contributed by atoms with Crippen molar-refractivity contribution in [3.05, 3.63) is 32.6 Å². The van der Waals surface area contributed by atoms with Gasteiger partial charge < -0.3 is 18.3 Å². The Hall–Kier alpha value is -0.386. The zero-order valence-corrected chi connectivity index (χ0v) is 24.8. The molecule has 3 fully saturated rings. The molecule has 3 aliphatic rings. The molecule has 33 heavy (non-hydrogen) atoms. The van der Waals surface area contributed by atoms with Crippen LogP contribution in [0.25, 0.3) is 0 Å². The van der Waals surface area contributed by atoms with Gasteiger partial charge in [0.1, 0.15) is 11.7 Å². The smallest absolute Gasteiger partial charge is 0.330 e. The first kappa shape index (κ1) is 25.7. The highest BCUT2D eigenvalue weighted by Gasteiger charge is 2.92. The minimum absolute atomic E-state index is 0.0370. The monoisotopic (exact) mass is 612 g/mol. The van der Waals surface area contributed by atoms with E-state index in [1.54, 1.807) is 6.92 Å². The van der Waals surface area contributed by atoms with Gasteiger partial charge in [0.25, 0.3) is 17.2 Å². The van der Waals surface area contributed by atoms with Gasteiger partial charge in [-0.2, -0.15) is 0 Å². The number of halogens is 2. The molecular formula is C21H34FIN2O6Si2. The van der Waals surface area contributed by atoms with Crippen molar-refractivity contribution >= 4 is 39.2 Å². The Morgan fingerprint density at radius 2 is 1.82 bits per heavy atom. The second-order valence-electron chi connectivity index (χ2n) is 12.0. The number of hydrogen-bond donors (Lipinski definition) is 1. The minimum Gasteiger partial charge on any atom is -0.408 e. The molecule has 2 aliphatic heterocycles. The highest BCUT2D eigenvalue weighted by atomic mass is 127. The maximum atomic E-state index is 16.1. The lowest BCUT2D eigenvalue weighted by atomic mass is 9.96. The summed E-state index contributed by atoms with van der Waals surface area (Å²) in [5.41, 5.74) is -1.68. The summed E-state index contributed by atoms with van der Waals surface area (Å²) in [4.78, 5) is 26.9. The standard InChI is InChI=1S/C21H34FIN2O6Si2/c1-12-10-25(17(27)24-14(12)26)15-13(23)19(30-32(5,6)7)11-20(22)21(29-20,16(19)28-15)31-33(8,9)18(2,3)4/h10,13,15-16H,11H2,1-9H3,(H,24,26,27)/t13-,15+,16-,19-,20-,21-/m0/s1. The highest BCUT2D eigenvalue weighted by molar-refractivity contribution is 14.1. The van der Waals surface area contributed by atoms with Gasteiger partial charge in [0, 0.05) is 18.2 Å². The summed E-state index contributed by atoms with van der Waals surface area (Å²) >= 11 is 2.20. The molecule has 0 amide bonds. The van der Waals surface area contributed by atoms with Gasteiger partial charge in [-0.25, -0.2) is 9.18 Å². The van der Waals surface area contributed by atoms with E-state index in [4.69, 9.17) is 18.3 Å². The number of rotatable bonds is 5. The molecule has 0 unspecified atom stereocenters. The van der Waals surface area contributed by atoms with Gasteiger partial charge in [0.05, 0.1) is 3.92 Å². The summed E-state index contributed by atoms with van der Waals surface area (Å²) in [6, 6.07) is 0. The van der Waals surface area contributed by atoms with E-state index in [0.717, 1.165) is 0 Å². The summed E-state index contributed by atoms with van der Waals surface area (Å²) in [5, 5.41) is -0.172. The molecule has 186 valence electrons. The SMILES string of the molecule is Cc1cn([C@@H]2O[C@H]3[C@](O[Si](C)(C)C)(C[C@]4(F)O[C@]34O[Si](C)(C)C(C)(C)C)[C@H]2I)c(=O)[nH]c1=O. The number of epoxide rings is 1. The first-order valence-corrected chi connectivity index (χ1v) is 18.8. The van der Waals surface area contributed by atoms with E-state index in [1.807, 2.05) is 32.7 Å². The van der Waals surface area contributed by atoms with Crippen LogP contribution in [-0.4, -0.2) is 53.5 Å². The van der Waals surface area contributed by atoms with Crippen LogP contribution in [0.15, 0.2) is 15.8 Å². The topological polar surface area (TPSA) is 95.1 Å². The largest absolute Gasteiger partial charge is 0.408 e. The van der Waals surface area contributed by atoms with E-state index in [1.165, 1.54) is 10.8 Å². The molecule has 8 nitrogen and oxygen atoms in total. The molecule has 3 heterocycles. The third-order valence-corrected chi connectivity index (χ3v) is 14.3. The summed E-state index contributed by atoms with van der Waals surface area (Å²) < 4.78 is 42.5. The number of fused-ring (bicyclic) bond motifs is 3. The maximum Gasteiger partial charge on any atom is 0.330 e. The van der Waals surface area contributed by atoms with Crippen LogP contribution in [0.5, 0.6) is 0 Å². The van der Waals surface area contributed by atoms with Crippen LogP contribution < -0.4 is 11.2 Å². The first-order valence-electron chi connectivity index (χ1n) is 11.2. The maximum absolute atomic E-state index is 16.1. The summed E-state index contributed by atoms with van der Waals surface area (Å²) in [6.45, 7) is 18.1. The summed E-state index contributed by atoms with van der Waals surface area (Å²) in [6.07, 6.45) is -0.186. The molecular weight excluding hydrogens is 578 g/mol. The van der Waals surface area contributed by atoms with E-state index >= 15 is 4.39 Å². The van der Waals surface area contributed by atoms with Crippen molar-refractivity contribution in [2.24, 2.45) is 0 Å². The molecule has 1 aromatic heterocycles. The lowest BCUT2D eigenvalue weighted by Crippen LogP contribution is -2.57. The van der Waals surface area contributed by atoms with Crippen molar-refractivity contribution in [1.29, 1.82) is 0 Å². The Bertz CT molecular complexity index is 1100. The molecule has 1 aliphatic carbocycles. The van der Waals surface area contributed by atoms with Crippen molar-refractivity contribution in [2.75, 3.05) is 0 Å². The lowest BCUT2D eigenvalue weighted by Gasteiger charge is -2.42. The van der Waals surface area contributed by atoms with Crippen LogP contribution in [0, 0.1) is 6.92 Å². The van der Waals surface area contributed by atoms with Crippen LogP contribution in [0.1, 0.15) is 39.0 Å². The third-order valence-electron chi connectivity index (χ3n) is 7.21. The molecule has 1 aromatic rings. The zero-order valence-electron chi connectivity index (χ0n) is 20.7. The Labute approximate surface area is 208 Å². The molecule has 12 heteroatoms. The van der Waals surface area contributed by atoms with Crippen LogP contribution in [0.2, 0.25) is 37.8 Å². The highest BCUT2D eigenvalue weighted by Crippen LogP contribution is 2.72. The molecule has 1 saturated carbocycles. The Morgan fingerprint density at radius 3 is 2.36 bits per heavy atom. The molecule has 1 N–H and O–H groups in total. The number of aryl methyl sites for hydroxylation is 1. The number of nitrogens with zero attached hydrogens (tertiary/aromatic N) is 1. The van der Waals surface area contributed by atoms with E-state index in [-0.39, 0.29) is 11.5 Å². The van der Waals surface area contributed by atoms with Gasteiger partial charge in [-0.3, -0.25) is 14.3 Å². The van der Waals surface area contributed by atoms with E-state index in [9.17, 15) is 9.59 Å². The van der Waals surface area contributed by atoms with Crippen molar-refractivity contribution in [1.82, 2.24) is 9.55 Å². The number of hydrogen-bond acceptors (Lipinski definition) is 6. The summed E-state index contributed by atoms with van der Waals surface area (Å²) in [7, 11) is -4.65. The average Bonchev–Trinajstić information content (AvgIpc) is 2.98. The lowest BCUT2D eigenvalue weighted by molar-refractivity contribution is -0.146. The van der Waals surface area contributed by atoms with E-state index < -0.39 is 61.4 Å². The van der Waals surface area contributed by atoms with Crippen molar-refractivity contribution in [2.45, 2.75) is 105 Å².